The highest BCUT2D eigenvalue weighted by Crippen LogP contribution is 2.42. The molecule has 18 heavy (non-hydrogen) atoms. The molecular weight excluding hydrogens is 312 g/mol. The molecule has 4 heteroatoms. The van der Waals surface area contributed by atoms with Gasteiger partial charge in [0.05, 0.1) is 0 Å². The summed E-state index contributed by atoms with van der Waals surface area (Å²) >= 11 is 5.39. The third kappa shape index (κ3) is 2.60. The number of hydrogen-bond acceptors (Lipinski definition) is 3. The molecule has 0 saturated heterocycles. The first-order valence-corrected chi connectivity index (χ1v) is 7.22. The number of halogens is 1. The van der Waals surface area contributed by atoms with Crippen molar-refractivity contribution in [3.05, 3.63) is 39.2 Å². The van der Waals surface area contributed by atoms with Gasteiger partial charge in [0.25, 0.3) is 0 Å². The normalized spacial score (nSPS) is 10.7. The molecule has 0 unspecified atom stereocenters. The molecule has 2 nitrogen and oxygen atoms in total. The zero-order chi connectivity index (χ0) is 13.1. The lowest BCUT2D eigenvalue weighted by atomic mass is 10.1. The molecule has 0 bridgehead atoms. The molecule has 2 rings (SSSR count). The topological polar surface area (TPSA) is 18.5 Å². The van der Waals surface area contributed by atoms with Crippen LogP contribution in [-0.4, -0.2) is 13.9 Å². The summed E-state index contributed by atoms with van der Waals surface area (Å²) in [6, 6.07) is 8.04. The predicted molar refractivity (Wildman–Crippen MR) is 79.4 cm³/mol. The fraction of sp³-hybridized carbons (Fsp3) is 0.286. The van der Waals surface area contributed by atoms with Crippen LogP contribution in [0.2, 0.25) is 0 Å². The van der Waals surface area contributed by atoms with Crippen molar-refractivity contribution in [3.8, 4) is 16.2 Å². The molecule has 1 aromatic heterocycles. The Bertz CT molecular complexity index is 549. The standard InChI is InChI=1S/C14H15BrO2S/c1-9-13(15)10(2)18-14(9)11-6-4-5-7-12(11)17-8-16-3/h4-7H,8H2,1-3H3. The molecule has 0 N–H and O–H groups in total. The Morgan fingerprint density at radius 1 is 1.22 bits per heavy atom. The van der Waals surface area contributed by atoms with Gasteiger partial charge in [-0.15, -0.1) is 11.3 Å². The Morgan fingerprint density at radius 3 is 2.56 bits per heavy atom. The highest BCUT2D eigenvalue weighted by molar-refractivity contribution is 9.10. The minimum atomic E-state index is 0.265. The minimum absolute atomic E-state index is 0.265. The van der Waals surface area contributed by atoms with Crippen LogP contribution in [0.5, 0.6) is 5.75 Å². The van der Waals surface area contributed by atoms with Gasteiger partial charge in [0.1, 0.15) is 5.75 Å². The van der Waals surface area contributed by atoms with Crippen LogP contribution >= 0.6 is 27.3 Å². The van der Waals surface area contributed by atoms with Crippen molar-refractivity contribution in [2.24, 2.45) is 0 Å². The highest BCUT2D eigenvalue weighted by atomic mass is 79.9. The summed E-state index contributed by atoms with van der Waals surface area (Å²) in [7, 11) is 1.62. The van der Waals surface area contributed by atoms with Crippen molar-refractivity contribution in [2.75, 3.05) is 13.9 Å². The van der Waals surface area contributed by atoms with E-state index in [1.54, 1.807) is 18.4 Å². The van der Waals surface area contributed by atoms with Crippen LogP contribution in [0.15, 0.2) is 28.7 Å². The van der Waals surface area contributed by atoms with E-state index in [-0.39, 0.29) is 6.79 Å². The number of hydrogen-bond donors (Lipinski definition) is 0. The highest BCUT2D eigenvalue weighted by Gasteiger charge is 2.14. The van der Waals surface area contributed by atoms with Gasteiger partial charge in [-0.3, -0.25) is 0 Å². The average molecular weight is 327 g/mol. The van der Waals surface area contributed by atoms with Gasteiger partial charge in [-0.05, 0) is 47.5 Å². The van der Waals surface area contributed by atoms with E-state index in [1.165, 1.54) is 19.8 Å². The summed E-state index contributed by atoms with van der Waals surface area (Å²) in [4.78, 5) is 2.52. The maximum atomic E-state index is 5.61. The zero-order valence-electron chi connectivity index (χ0n) is 10.6. The van der Waals surface area contributed by atoms with Crippen LogP contribution in [-0.2, 0) is 4.74 Å². The minimum Gasteiger partial charge on any atom is -0.467 e. The molecule has 1 aromatic carbocycles. The maximum absolute atomic E-state index is 5.61. The fourth-order valence-corrected chi connectivity index (χ4v) is 3.45. The van der Waals surface area contributed by atoms with Crippen molar-refractivity contribution < 1.29 is 9.47 Å². The van der Waals surface area contributed by atoms with Gasteiger partial charge in [0.15, 0.2) is 6.79 Å². The third-order valence-electron chi connectivity index (χ3n) is 2.70. The number of thiophene rings is 1. The lowest BCUT2D eigenvalue weighted by molar-refractivity contribution is 0.0515. The second-order valence-corrected chi connectivity index (χ2v) is 5.99. The molecule has 0 saturated carbocycles. The summed E-state index contributed by atoms with van der Waals surface area (Å²) in [5.41, 5.74) is 2.37. The molecule has 0 radical (unpaired) electrons. The smallest absolute Gasteiger partial charge is 0.188 e. The Hall–Kier alpha value is -0.840. The molecule has 0 spiro atoms. The second kappa shape index (κ2) is 5.87. The number of ether oxygens (including phenoxy) is 2. The molecule has 2 aromatic rings. The number of aryl methyl sites for hydroxylation is 1. The van der Waals surface area contributed by atoms with Gasteiger partial charge in [-0.25, -0.2) is 0 Å². The van der Waals surface area contributed by atoms with Crippen molar-refractivity contribution >= 4 is 27.3 Å². The fourth-order valence-electron chi connectivity index (χ4n) is 1.80. The summed E-state index contributed by atoms with van der Waals surface area (Å²) < 4.78 is 11.8. The molecule has 0 atom stereocenters. The van der Waals surface area contributed by atoms with Crippen LogP contribution in [0.25, 0.3) is 10.4 Å². The molecule has 96 valence electrons. The van der Waals surface area contributed by atoms with E-state index in [4.69, 9.17) is 9.47 Å². The second-order valence-electron chi connectivity index (χ2n) is 3.97. The van der Waals surface area contributed by atoms with E-state index in [9.17, 15) is 0 Å². The first-order valence-electron chi connectivity index (χ1n) is 5.61. The van der Waals surface area contributed by atoms with Gasteiger partial charge >= 0.3 is 0 Å². The van der Waals surface area contributed by atoms with Crippen LogP contribution in [0.3, 0.4) is 0 Å². The number of methoxy groups -OCH3 is 1. The lowest BCUT2D eigenvalue weighted by Crippen LogP contribution is -1.99. The summed E-state index contributed by atoms with van der Waals surface area (Å²) in [6.45, 7) is 4.50. The predicted octanol–water partition coefficient (Wildman–Crippen LogP) is 4.78. The van der Waals surface area contributed by atoms with Crippen LogP contribution in [0, 0.1) is 13.8 Å². The van der Waals surface area contributed by atoms with Crippen LogP contribution in [0.4, 0.5) is 0 Å². The largest absolute Gasteiger partial charge is 0.467 e. The molecule has 0 amide bonds. The van der Waals surface area contributed by atoms with Gasteiger partial charge in [0.2, 0.25) is 0 Å². The number of rotatable bonds is 4. The van der Waals surface area contributed by atoms with E-state index >= 15 is 0 Å². The molecule has 0 aliphatic rings. The van der Waals surface area contributed by atoms with Crippen molar-refractivity contribution in [3.63, 3.8) is 0 Å². The summed E-state index contributed by atoms with van der Waals surface area (Å²) in [6.07, 6.45) is 0. The van der Waals surface area contributed by atoms with Crippen molar-refractivity contribution in [2.45, 2.75) is 13.8 Å². The summed E-state index contributed by atoms with van der Waals surface area (Å²) in [5, 5.41) is 0. The lowest BCUT2D eigenvalue weighted by Gasteiger charge is -2.10. The van der Waals surface area contributed by atoms with E-state index in [0.717, 1.165) is 11.3 Å². The third-order valence-corrected chi connectivity index (χ3v) is 5.39. The maximum Gasteiger partial charge on any atom is 0.188 e. The van der Waals surface area contributed by atoms with Gasteiger partial charge < -0.3 is 9.47 Å². The van der Waals surface area contributed by atoms with Crippen molar-refractivity contribution in [1.82, 2.24) is 0 Å². The van der Waals surface area contributed by atoms with Crippen molar-refractivity contribution in [1.29, 1.82) is 0 Å². The Kier molecular flexibility index (Phi) is 4.43. The van der Waals surface area contributed by atoms with Crippen LogP contribution in [0.1, 0.15) is 10.4 Å². The van der Waals surface area contributed by atoms with E-state index in [0.29, 0.717) is 0 Å². The van der Waals surface area contributed by atoms with Gasteiger partial charge in [-0.1, -0.05) is 12.1 Å². The Balaban J connectivity index is 2.46. The first-order chi connectivity index (χ1) is 8.65. The van der Waals surface area contributed by atoms with E-state index in [2.05, 4.69) is 35.8 Å². The monoisotopic (exact) mass is 326 g/mol. The van der Waals surface area contributed by atoms with E-state index < -0.39 is 0 Å². The molecule has 0 fully saturated rings. The summed E-state index contributed by atoms with van der Waals surface area (Å²) in [5.74, 6) is 0.858. The zero-order valence-corrected chi connectivity index (χ0v) is 13.0. The van der Waals surface area contributed by atoms with E-state index in [1.807, 2.05) is 18.2 Å². The average Bonchev–Trinajstić information content (AvgIpc) is 2.64. The number of para-hydroxylation sites is 1. The number of benzene rings is 1. The van der Waals surface area contributed by atoms with Crippen LogP contribution < -0.4 is 4.74 Å². The quantitative estimate of drug-likeness (QED) is 0.753. The SMILES string of the molecule is COCOc1ccccc1-c1sc(C)c(Br)c1C. The molecular formula is C14H15BrO2S. The Morgan fingerprint density at radius 2 is 1.94 bits per heavy atom. The molecule has 1 heterocycles. The Labute approximate surface area is 120 Å². The van der Waals surface area contributed by atoms with Gasteiger partial charge in [0, 0.05) is 26.9 Å². The van der Waals surface area contributed by atoms with Gasteiger partial charge in [-0.2, -0.15) is 0 Å². The molecule has 0 aliphatic carbocycles. The molecule has 0 aliphatic heterocycles. The first kappa shape index (κ1) is 13.6.